The molecule has 2 saturated carbocycles. The van der Waals surface area contributed by atoms with E-state index in [1.54, 1.807) is 0 Å². The van der Waals surface area contributed by atoms with Crippen molar-refractivity contribution in [2.45, 2.75) is 105 Å². The van der Waals surface area contributed by atoms with E-state index in [0.29, 0.717) is 11.8 Å². The smallest absolute Gasteiger partial charge is 0.0774 e. The summed E-state index contributed by atoms with van der Waals surface area (Å²) < 4.78 is 2.21. The summed E-state index contributed by atoms with van der Waals surface area (Å²) in [6.07, 6.45) is 6.98. The van der Waals surface area contributed by atoms with Crippen LogP contribution in [-0.2, 0) is 20.1 Å². The molecule has 3 aromatic carbocycles. The molecule has 1 radical (unpaired) electrons. The summed E-state index contributed by atoms with van der Waals surface area (Å²) in [5.41, 5.74) is 5.68. The Labute approximate surface area is 278 Å². The van der Waals surface area contributed by atoms with Gasteiger partial charge < -0.3 is 14.8 Å². The van der Waals surface area contributed by atoms with Crippen LogP contribution in [0.4, 0.5) is 0 Å². The first-order chi connectivity index (χ1) is 20.7. The van der Waals surface area contributed by atoms with Crippen molar-refractivity contribution in [3.63, 3.8) is 0 Å². The van der Waals surface area contributed by atoms with Gasteiger partial charge in [-0.25, -0.2) is 0 Å². The average Bonchev–Trinajstić information content (AvgIpc) is 3.58. The predicted molar refractivity (Wildman–Crippen MR) is 178 cm³/mol. The largest absolute Gasteiger partial charge is 0.392 e. The first-order valence-electron chi connectivity index (χ1n) is 16.6. The Morgan fingerprint density at radius 1 is 0.864 bits per heavy atom. The van der Waals surface area contributed by atoms with Crippen molar-refractivity contribution >= 4 is 11.0 Å². The summed E-state index contributed by atoms with van der Waals surface area (Å²) >= 11 is 0. The van der Waals surface area contributed by atoms with Crippen LogP contribution < -0.4 is 0 Å². The van der Waals surface area contributed by atoms with Crippen LogP contribution in [0.15, 0.2) is 72.8 Å². The summed E-state index contributed by atoms with van der Waals surface area (Å²) in [4.78, 5) is 4.89. The zero-order valence-electron chi connectivity index (χ0n) is 27.4. The molecule has 0 bridgehead atoms. The van der Waals surface area contributed by atoms with Crippen LogP contribution in [0, 0.1) is 28.7 Å². The number of imidazole rings is 1. The van der Waals surface area contributed by atoms with Crippen LogP contribution in [0.25, 0.3) is 28.1 Å². The molecule has 1 aromatic heterocycles. The van der Waals surface area contributed by atoms with Gasteiger partial charge in [-0.05, 0) is 91.9 Å². The maximum atomic E-state index is 10.9. The van der Waals surface area contributed by atoms with Crippen LogP contribution in [0.3, 0.4) is 0 Å². The molecule has 44 heavy (non-hydrogen) atoms. The van der Waals surface area contributed by atoms with Gasteiger partial charge in [-0.2, -0.15) is 0 Å². The molecule has 2 aliphatic rings. The molecule has 6 rings (SSSR count). The Balaban J connectivity index is 0.000000202. The summed E-state index contributed by atoms with van der Waals surface area (Å²) in [7, 11) is 0. The van der Waals surface area contributed by atoms with Gasteiger partial charge in [-0.1, -0.05) is 71.9 Å². The Morgan fingerprint density at radius 3 is 2.11 bits per heavy atom. The van der Waals surface area contributed by atoms with Gasteiger partial charge in [-0.3, -0.25) is 4.98 Å². The number of benzene rings is 3. The normalized spacial score (nSPS) is 23.5. The van der Waals surface area contributed by atoms with Gasteiger partial charge in [0.05, 0.1) is 29.1 Å². The van der Waals surface area contributed by atoms with Crippen LogP contribution in [0.2, 0.25) is 0 Å². The number of hydrogen-bond donors (Lipinski definition) is 2. The summed E-state index contributed by atoms with van der Waals surface area (Å²) in [5.74, 6) is 2.07. The number of aliphatic hydroxyl groups is 2. The number of para-hydroxylation sites is 3. The zero-order chi connectivity index (χ0) is 30.8. The van der Waals surface area contributed by atoms with Crippen LogP contribution in [0.1, 0.15) is 98.0 Å². The van der Waals surface area contributed by atoms with E-state index in [9.17, 15) is 10.2 Å². The molecule has 2 aliphatic carbocycles. The van der Waals surface area contributed by atoms with Crippen molar-refractivity contribution in [3.8, 4) is 17.1 Å². The summed E-state index contributed by atoms with van der Waals surface area (Å²) in [6, 6.07) is 28.3. The Morgan fingerprint density at radius 2 is 1.48 bits per heavy atom. The Bertz CT molecular complexity index is 1480. The molecule has 239 valence electrons. The number of nitrogens with zero attached hydrogens (tertiary/aromatic N) is 2. The van der Waals surface area contributed by atoms with Crippen LogP contribution in [0.5, 0.6) is 0 Å². The van der Waals surface area contributed by atoms with Crippen LogP contribution in [-0.4, -0.2) is 32.0 Å². The van der Waals surface area contributed by atoms with Gasteiger partial charge in [0.2, 0.25) is 0 Å². The second-order valence-electron chi connectivity index (χ2n) is 13.4. The molecule has 5 heteroatoms. The molecular weight excluding hydrogens is 721 g/mol. The number of fused-ring (bicyclic) bond motifs is 2. The van der Waals surface area contributed by atoms with E-state index in [-0.39, 0.29) is 49.1 Å². The molecule has 4 nitrogen and oxygen atoms in total. The number of rotatable bonds is 7. The third-order valence-electron chi connectivity index (χ3n) is 11.3. The average molecular weight is 772 g/mol. The fraction of sp³-hybridized carbons (Fsp3) is 0.513. The fourth-order valence-electron chi connectivity index (χ4n) is 8.20. The number of hydrogen-bond acceptors (Lipinski definition) is 3. The molecule has 0 aliphatic heterocycles. The van der Waals surface area contributed by atoms with E-state index in [4.69, 9.17) is 4.98 Å². The minimum absolute atomic E-state index is 0. The third-order valence-corrected chi connectivity index (χ3v) is 11.3. The molecule has 2 N–H and O–H groups in total. The van der Waals surface area contributed by atoms with Crippen molar-refractivity contribution in [1.82, 2.24) is 9.55 Å². The van der Waals surface area contributed by atoms with Crippen molar-refractivity contribution in [2.75, 3.05) is 0 Å². The van der Waals surface area contributed by atoms with Crippen LogP contribution >= 0.6 is 0 Å². The number of aliphatic hydroxyl groups excluding tert-OH is 2. The fourth-order valence-corrected chi connectivity index (χ4v) is 8.20. The number of aromatic nitrogens is 2. The molecule has 4 unspecified atom stereocenters. The van der Waals surface area contributed by atoms with Crippen molar-refractivity contribution in [1.29, 1.82) is 0 Å². The SMILES string of the molecule is CC(C)c1cc[c-]c(-c2nc3ccccc3n2-c2ccccc2)c1.CCC1(CC)CCC2CC(CC)(CC)C(O)C2C1O.[Ir]. The summed E-state index contributed by atoms with van der Waals surface area (Å²) in [6.45, 7) is 13.2. The molecule has 0 saturated heterocycles. The topological polar surface area (TPSA) is 58.3 Å². The van der Waals surface area contributed by atoms with Crippen molar-refractivity contribution < 1.29 is 30.3 Å². The van der Waals surface area contributed by atoms with E-state index < -0.39 is 0 Å². The van der Waals surface area contributed by atoms with E-state index in [1.165, 1.54) is 12.0 Å². The molecule has 1 heterocycles. The predicted octanol–water partition coefficient (Wildman–Crippen LogP) is 9.36. The molecule has 4 aromatic rings. The molecule has 2 fully saturated rings. The van der Waals surface area contributed by atoms with Gasteiger partial charge in [0.1, 0.15) is 0 Å². The van der Waals surface area contributed by atoms with Gasteiger partial charge >= 0.3 is 0 Å². The quantitative estimate of drug-likeness (QED) is 0.184. The van der Waals surface area contributed by atoms with Gasteiger partial charge in [0.25, 0.3) is 0 Å². The minimum atomic E-state index is -0.309. The third kappa shape index (κ3) is 6.23. The Kier molecular flexibility index (Phi) is 11.3. The van der Waals surface area contributed by atoms with Gasteiger partial charge in [-0.15, -0.1) is 35.4 Å². The second-order valence-corrected chi connectivity index (χ2v) is 13.4. The molecular formula is C39H51IrN2O2-. The first-order valence-corrected chi connectivity index (χ1v) is 16.6. The standard InChI is InChI=1S/C22H19N2.C17H32O2.Ir/c1-16(2)17-9-8-10-18(15-17)22-23-20-13-6-7-14-21(20)24(22)19-11-4-3-5-12-19;1-5-16(6-2)10-9-12-11-17(7-3,8-4)15(19)13(12)14(16)18;/h3-9,11-16H,1-2H3;12-15,18-19H,5-11H2,1-4H3;/q-1;;. The van der Waals surface area contributed by atoms with Crippen molar-refractivity contribution in [3.05, 3.63) is 84.4 Å². The van der Waals surface area contributed by atoms with Gasteiger partial charge in [0, 0.05) is 31.7 Å². The van der Waals surface area contributed by atoms with Gasteiger partial charge in [0.15, 0.2) is 0 Å². The zero-order valence-corrected chi connectivity index (χ0v) is 29.8. The monoisotopic (exact) mass is 772 g/mol. The maximum Gasteiger partial charge on any atom is 0.0774 e. The van der Waals surface area contributed by atoms with E-state index >= 15 is 0 Å². The van der Waals surface area contributed by atoms with E-state index in [2.05, 4.69) is 107 Å². The summed E-state index contributed by atoms with van der Waals surface area (Å²) in [5, 5.41) is 21.8. The first kappa shape index (κ1) is 34.6. The molecule has 0 amide bonds. The van der Waals surface area contributed by atoms with E-state index in [1.807, 2.05) is 18.2 Å². The second kappa shape index (κ2) is 14.4. The van der Waals surface area contributed by atoms with Crippen molar-refractivity contribution in [2.24, 2.45) is 22.7 Å². The molecule has 4 atom stereocenters. The minimum Gasteiger partial charge on any atom is -0.392 e. The molecule has 0 spiro atoms. The maximum absolute atomic E-state index is 10.9. The Hall–Kier alpha value is -2.30. The van der Waals surface area contributed by atoms with E-state index in [0.717, 1.165) is 66.6 Å².